The van der Waals surface area contributed by atoms with E-state index in [1.165, 1.54) is 11.9 Å². The Kier molecular flexibility index (Phi) is 5.30. The number of aromatic nitrogens is 2. The molecule has 28 heavy (non-hydrogen) atoms. The van der Waals surface area contributed by atoms with Crippen LogP contribution < -0.4 is 10.2 Å². The van der Waals surface area contributed by atoms with Gasteiger partial charge in [0, 0.05) is 56.0 Å². The summed E-state index contributed by atoms with van der Waals surface area (Å²) in [7, 11) is 2.16. The minimum Gasteiger partial charge on any atom is -0.369 e. The van der Waals surface area contributed by atoms with Crippen LogP contribution in [0, 0.1) is 0 Å². The molecular weight excluding hydrogens is 350 g/mol. The number of piperazine rings is 1. The average molecular weight is 373 g/mol. The highest BCUT2D eigenvalue weighted by atomic mass is 16.1. The molecule has 0 unspecified atom stereocenters. The third-order valence-corrected chi connectivity index (χ3v) is 4.98. The lowest BCUT2D eigenvalue weighted by molar-refractivity contribution is 0.102. The van der Waals surface area contributed by atoms with E-state index in [9.17, 15) is 4.79 Å². The van der Waals surface area contributed by atoms with Crippen molar-refractivity contribution in [1.29, 1.82) is 0 Å². The predicted molar refractivity (Wildman–Crippen MR) is 112 cm³/mol. The van der Waals surface area contributed by atoms with Crippen molar-refractivity contribution in [3.63, 3.8) is 0 Å². The SMILES string of the molecule is CN1CCN(c2cccc(-c3ccc(NC(=O)c4cccnc4)nc3)c2)CC1. The Labute approximate surface area is 164 Å². The molecule has 6 nitrogen and oxygen atoms in total. The first-order valence-electron chi connectivity index (χ1n) is 9.40. The maximum atomic E-state index is 12.2. The van der Waals surface area contributed by atoms with Crippen molar-refractivity contribution in [3.05, 3.63) is 72.7 Å². The Balaban J connectivity index is 1.47. The Morgan fingerprint density at radius 3 is 2.54 bits per heavy atom. The third-order valence-electron chi connectivity index (χ3n) is 4.98. The van der Waals surface area contributed by atoms with Gasteiger partial charge in [0.1, 0.15) is 5.82 Å². The van der Waals surface area contributed by atoms with Gasteiger partial charge in [-0.25, -0.2) is 4.98 Å². The normalized spacial score (nSPS) is 14.7. The molecule has 1 N–H and O–H groups in total. The summed E-state index contributed by atoms with van der Waals surface area (Å²) in [5.41, 5.74) is 3.89. The number of rotatable bonds is 4. The highest BCUT2D eigenvalue weighted by Crippen LogP contribution is 2.25. The molecule has 6 heteroatoms. The lowest BCUT2D eigenvalue weighted by Gasteiger charge is -2.34. The van der Waals surface area contributed by atoms with E-state index in [1.54, 1.807) is 24.5 Å². The van der Waals surface area contributed by atoms with Gasteiger partial charge in [-0.2, -0.15) is 0 Å². The van der Waals surface area contributed by atoms with Crippen LogP contribution in [0.1, 0.15) is 10.4 Å². The zero-order chi connectivity index (χ0) is 19.3. The monoisotopic (exact) mass is 373 g/mol. The molecule has 1 amide bonds. The zero-order valence-electron chi connectivity index (χ0n) is 15.9. The first kappa shape index (κ1) is 18.1. The molecule has 2 aromatic heterocycles. The lowest BCUT2D eigenvalue weighted by Crippen LogP contribution is -2.44. The van der Waals surface area contributed by atoms with Crippen molar-refractivity contribution in [2.45, 2.75) is 0 Å². The summed E-state index contributed by atoms with van der Waals surface area (Å²) < 4.78 is 0. The molecule has 4 rings (SSSR count). The summed E-state index contributed by atoms with van der Waals surface area (Å²) in [6.45, 7) is 4.24. The van der Waals surface area contributed by atoms with Crippen LogP contribution >= 0.6 is 0 Å². The summed E-state index contributed by atoms with van der Waals surface area (Å²) in [6, 6.07) is 15.8. The Morgan fingerprint density at radius 1 is 0.964 bits per heavy atom. The summed E-state index contributed by atoms with van der Waals surface area (Å²) >= 11 is 0. The molecule has 3 heterocycles. The summed E-state index contributed by atoms with van der Waals surface area (Å²) in [5, 5.41) is 2.80. The molecule has 1 aliphatic heterocycles. The molecule has 3 aromatic rings. The number of hydrogen-bond donors (Lipinski definition) is 1. The fraction of sp³-hybridized carbons (Fsp3) is 0.227. The molecule has 0 bridgehead atoms. The predicted octanol–water partition coefficient (Wildman–Crippen LogP) is 3.15. The maximum Gasteiger partial charge on any atom is 0.258 e. The molecule has 1 saturated heterocycles. The number of carbonyl (C=O) groups is 1. The van der Waals surface area contributed by atoms with E-state index in [0.29, 0.717) is 11.4 Å². The number of amides is 1. The van der Waals surface area contributed by atoms with Gasteiger partial charge in [0.25, 0.3) is 5.91 Å². The van der Waals surface area contributed by atoms with Crippen LogP contribution in [0.4, 0.5) is 11.5 Å². The van der Waals surface area contributed by atoms with Crippen LogP contribution in [0.5, 0.6) is 0 Å². The molecule has 0 saturated carbocycles. The second-order valence-electron chi connectivity index (χ2n) is 6.97. The van der Waals surface area contributed by atoms with E-state index in [2.05, 4.69) is 56.4 Å². The number of hydrogen-bond acceptors (Lipinski definition) is 5. The standard InChI is InChI=1S/C22H23N5O/c1-26-10-12-27(13-11-26)20-6-2-4-17(14-20)18-7-8-21(24-16-18)25-22(28)19-5-3-9-23-15-19/h2-9,14-16H,10-13H2,1H3,(H,24,25,28). The van der Waals surface area contributed by atoms with Crippen molar-refractivity contribution >= 4 is 17.4 Å². The Hall–Kier alpha value is -3.25. The molecule has 1 fully saturated rings. The van der Waals surface area contributed by atoms with Crippen LogP contribution in [-0.2, 0) is 0 Å². The van der Waals surface area contributed by atoms with Gasteiger partial charge in [-0.15, -0.1) is 0 Å². The number of likely N-dealkylation sites (N-methyl/N-ethyl adjacent to an activating group) is 1. The second kappa shape index (κ2) is 8.19. The molecule has 0 spiro atoms. The minimum atomic E-state index is -0.217. The number of carbonyl (C=O) groups excluding carboxylic acids is 1. The largest absolute Gasteiger partial charge is 0.369 e. The highest BCUT2D eigenvalue weighted by Gasteiger charge is 2.14. The fourth-order valence-corrected chi connectivity index (χ4v) is 3.27. The van der Waals surface area contributed by atoms with Crippen LogP contribution in [0.2, 0.25) is 0 Å². The third kappa shape index (κ3) is 4.18. The van der Waals surface area contributed by atoms with Crippen molar-refractivity contribution < 1.29 is 4.79 Å². The number of benzene rings is 1. The molecule has 0 radical (unpaired) electrons. The average Bonchev–Trinajstić information content (AvgIpc) is 2.75. The van der Waals surface area contributed by atoms with E-state index in [1.807, 2.05) is 12.1 Å². The van der Waals surface area contributed by atoms with Gasteiger partial charge in [0.05, 0.1) is 5.56 Å². The van der Waals surface area contributed by atoms with Crippen LogP contribution in [0.3, 0.4) is 0 Å². The lowest BCUT2D eigenvalue weighted by atomic mass is 10.1. The quantitative estimate of drug-likeness (QED) is 0.761. The van der Waals surface area contributed by atoms with Gasteiger partial charge in [-0.05, 0) is 49.0 Å². The van der Waals surface area contributed by atoms with E-state index < -0.39 is 0 Å². The van der Waals surface area contributed by atoms with E-state index in [4.69, 9.17) is 0 Å². The van der Waals surface area contributed by atoms with Gasteiger partial charge in [-0.3, -0.25) is 9.78 Å². The second-order valence-corrected chi connectivity index (χ2v) is 6.97. The summed E-state index contributed by atoms with van der Waals surface area (Å²) in [6.07, 6.45) is 4.97. The fourth-order valence-electron chi connectivity index (χ4n) is 3.27. The van der Waals surface area contributed by atoms with Gasteiger partial charge in [0.2, 0.25) is 0 Å². The van der Waals surface area contributed by atoms with Crippen molar-refractivity contribution in [1.82, 2.24) is 14.9 Å². The molecular formula is C22H23N5O. The number of nitrogens with one attached hydrogen (secondary N) is 1. The first-order chi connectivity index (χ1) is 13.7. The number of anilines is 2. The van der Waals surface area contributed by atoms with Crippen LogP contribution in [0.25, 0.3) is 11.1 Å². The van der Waals surface area contributed by atoms with Crippen molar-refractivity contribution in [3.8, 4) is 11.1 Å². The van der Waals surface area contributed by atoms with Gasteiger partial charge in [0.15, 0.2) is 0 Å². The molecule has 1 aromatic carbocycles. The minimum absolute atomic E-state index is 0.217. The van der Waals surface area contributed by atoms with Crippen LogP contribution in [0.15, 0.2) is 67.1 Å². The first-order valence-corrected chi connectivity index (χ1v) is 9.40. The zero-order valence-corrected chi connectivity index (χ0v) is 15.9. The smallest absolute Gasteiger partial charge is 0.258 e. The van der Waals surface area contributed by atoms with E-state index in [0.717, 1.165) is 37.3 Å². The summed E-state index contributed by atoms with van der Waals surface area (Å²) in [4.78, 5) is 25.3. The van der Waals surface area contributed by atoms with Crippen molar-refractivity contribution in [2.24, 2.45) is 0 Å². The number of pyridine rings is 2. The van der Waals surface area contributed by atoms with E-state index >= 15 is 0 Å². The molecule has 0 aliphatic carbocycles. The highest BCUT2D eigenvalue weighted by molar-refractivity contribution is 6.03. The Bertz CT molecular complexity index is 935. The van der Waals surface area contributed by atoms with Crippen LogP contribution in [-0.4, -0.2) is 54.0 Å². The van der Waals surface area contributed by atoms with Gasteiger partial charge >= 0.3 is 0 Å². The van der Waals surface area contributed by atoms with Gasteiger partial charge in [-0.1, -0.05) is 12.1 Å². The Morgan fingerprint density at radius 2 is 1.82 bits per heavy atom. The molecule has 142 valence electrons. The summed E-state index contributed by atoms with van der Waals surface area (Å²) in [5.74, 6) is 0.304. The van der Waals surface area contributed by atoms with Crippen molar-refractivity contribution in [2.75, 3.05) is 43.4 Å². The van der Waals surface area contributed by atoms with E-state index in [-0.39, 0.29) is 5.91 Å². The number of nitrogens with zero attached hydrogens (tertiary/aromatic N) is 4. The maximum absolute atomic E-state index is 12.2. The molecule has 0 atom stereocenters. The topological polar surface area (TPSA) is 61.4 Å². The molecule has 1 aliphatic rings. The van der Waals surface area contributed by atoms with Gasteiger partial charge < -0.3 is 15.1 Å².